The summed E-state index contributed by atoms with van der Waals surface area (Å²) in [6, 6.07) is 0. The summed E-state index contributed by atoms with van der Waals surface area (Å²) in [5.74, 6) is 1.58. The highest BCUT2D eigenvalue weighted by atomic mass is 16.6. The number of fused-ring (bicyclic) bond motifs is 4. The summed E-state index contributed by atoms with van der Waals surface area (Å²) in [6.07, 6.45) is 9.13. The summed E-state index contributed by atoms with van der Waals surface area (Å²) in [4.78, 5) is 24.8. The lowest BCUT2D eigenvalue weighted by molar-refractivity contribution is -0.172. The van der Waals surface area contributed by atoms with Crippen molar-refractivity contribution >= 4 is 12.3 Å². The quantitative estimate of drug-likeness (QED) is 0.302. The first-order valence-electron chi connectivity index (χ1n) is 10.7. The van der Waals surface area contributed by atoms with Gasteiger partial charge in [-0.05, 0) is 75.2 Å². The molecule has 3 saturated carbocycles. The average molecular weight is 379 g/mol. The third-order valence-corrected chi connectivity index (χ3v) is 8.84. The monoisotopic (exact) mass is 378 g/mol. The number of rotatable bonds is 3. The van der Waals surface area contributed by atoms with Crippen LogP contribution in [0.1, 0.15) is 53.4 Å². The lowest BCUT2D eigenvalue weighted by Crippen LogP contribution is -2.60. The Balaban J connectivity index is 1.73. The highest BCUT2D eigenvalue weighted by Crippen LogP contribution is 2.77. The Morgan fingerprint density at radius 1 is 1.39 bits per heavy atom. The maximum atomic E-state index is 12.8. The highest BCUT2D eigenvalue weighted by molar-refractivity contribution is 6.11. The van der Waals surface area contributed by atoms with Gasteiger partial charge in [-0.25, -0.2) is 4.79 Å². The Labute approximate surface area is 167 Å². The molecule has 3 nitrogen and oxygen atoms in total. The molecule has 0 unspecified atom stereocenters. The van der Waals surface area contributed by atoms with E-state index in [0.29, 0.717) is 17.8 Å². The zero-order valence-electron chi connectivity index (χ0n) is 17.4. The van der Waals surface area contributed by atoms with E-state index in [0.717, 1.165) is 31.1 Å². The normalized spacial score (nSPS) is 45.4. The van der Waals surface area contributed by atoms with Crippen LogP contribution in [-0.4, -0.2) is 17.9 Å². The molecule has 28 heavy (non-hydrogen) atoms. The zero-order valence-corrected chi connectivity index (χ0v) is 17.4. The molecule has 0 aromatic rings. The Hall–Kier alpha value is -1.90. The van der Waals surface area contributed by atoms with Gasteiger partial charge in [-0.1, -0.05) is 42.4 Å². The van der Waals surface area contributed by atoms with Gasteiger partial charge in [-0.3, -0.25) is 4.79 Å². The minimum absolute atomic E-state index is 0.101. The molecule has 0 N–H and O–H groups in total. The predicted octanol–water partition coefficient (Wildman–Crippen LogP) is 4.95. The van der Waals surface area contributed by atoms with Gasteiger partial charge in [0.25, 0.3) is 0 Å². The molecular weight excluding hydrogens is 348 g/mol. The van der Waals surface area contributed by atoms with Gasteiger partial charge in [-0.15, -0.1) is 0 Å². The maximum absolute atomic E-state index is 12.8. The van der Waals surface area contributed by atoms with E-state index >= 15 is 0 Å². The van der Waals surface area contributed by atoms with Crippen LogP contribution in [0.2, 0.25) is 0 Å². The Bertz CT molecular complexity index is 899. The number of esters is 1. The van der Waals surface area contributed by atoms with Gasteiger partial charge < -0.3 is 4.74 Å². The molecule has 3 heteroatoms. The Morgan fingerprint density at radius 3 is 2.82 bits per heavy atom. The number of allylic oxidation sites excluding steroid dienone is 4. The van der Waals surface area contributed by atoms with Crippen LogP contribution < -0.4 is 0 Å². The van der Waals surface area contributed by atoms with Gasteiger partial charge in [0.1, 0.15) is 11.2 Å². The third-order valence-electron chi connectivity index (χ3n) is 8.84. The molecule has 3 fully saturated rings. The van der Waals surface area contributed by atoms with Gasteiger partial charge in [0, 0.05) is 11.8 Å². The molecule has 0 saturated heterocycles. The zero-order chi connectivity index (χ0) is 20.0. The van der Waals surface area contributed by atoms with E-state index in [4.69, 9.17) is 4.74 Å². The molecule has 5 rings (SSSR count). The second kappa shape index (κ2) is 5.58. The van der Waals surface area contributed by atoms with Crippen LogP contribution >= 0.6 is 0 Å². The van der Waals surface area contributed by atoms with Crippen molar-refractivity contribution in [1.29, 1.82) is 0 Å². The van der Waals surface area contributed by atoms with E-state index in [1.165, 1.54) is 23.1 Å². The minimum Gasteiger partial charge on any atom is -0.450 e. The van der Waals surface area contributed by atoms with Crippen LogP contribution in [0, 0.1) is 35.0 Å². The number of carbonyl (C=O) groups excluding carboxylic acids is 2. The largest absolute Gasteiger partial charge is 0.450 e. The van der Waals surface area contributed by atoms with Gasteiger partial charge >= 0.3 is 5.97 Å². The second-order valence-corrected chi connectivity index (χ2v) is 10.1. The lowest BCUT2D eigenvalue weighted by atomic mass is 9.47. The van der Waals surface area contributed by atoms with E-state index in [9.17, 15) is 9.59 Å². The van der Waals surface area contributed by atoms with Crippen LogP contribution in [0.4, 0.5) is 0 Å². The van der Waals surface area contributed by atoms with Crippen molar-refractivity contribution in [2.75, 3.05) is 0 Å². The fourth-order valence-electron chi connectivity index (χ4n) is 7.45. The van der Waals surface area contributed by atoms with Crippen LogP contribution in [0.5, 0.6) is 0 Å². The van der Waals surface area contributed by atoms with E-state index in [-0.39, 0.29) is 22.8 Å². The molecule has 5 aliphatic rings. The van der Waals surface area contributed by atoms with Crippen molar-refractivity contribution in [3.05, 3.63) is 46.6 Å². The van der Waals surface area contributed by atoms with Crippen molar-refractivity contribution in [3.8, 4) is 0 Å². The molecule has 4 aliphatic carbocycles. The molecule has 7 atom stereocenters. The molecule has 0 radical (unpaired) electrons. The van der Waals surface area contributed by atoms with E-state index < -0.39 is 11.6 Å². The lowest BCUT2D eigenvalue weighted by Gasteiger charge is -2.59. The van der Waals surface area contributed by atoms with Gasteiger partial charge in [0.2, 0.25) is 0 Å². The van der Waals surface area contributed by atoms with Gasteiger partial charge in [0.05, 0.1) is 0 Å². The minimum atomic E-state index is -0.652. The van der Waals surface area contributed by atoms with Crippen LogP contribution in [-0.2, 0) is 14.3 Å². The van der Waals surface area contributed by atoms with Crippen molar-refractivity contribution in [2.45, 2.75) is 59.0 Å². The third kappa shape index (κ3) is 1.96. The second-order valence-electron chi connectivity index (χ2n) is 10.1. The molecule has 1 heterocycles. The molecular formula is C25H30O3. The first-order chi connectivity index (χ1) is 13.3. The van der Waals surface area contributed by atoms with Gasteiger partial charge in [0.15, 0.2) is 6.29 Å². The summed E-state index contributed by atoms with van der Waals surface area (Å²) in [5.41, 5.74) is 4.63. The molecule has 0 aromatic heterocycles. The number of hydrogen-bond acceptors (Lipinski definition) is 3. The number of hydrogen-bond donors (Lipinski definition) is 0. The molecule has 0 bridgehead atoms. The highest BCUT2D eigenvalue weighted by Gasteiger charge is 2.74. The van der Waals surface area contributed by atoms with Crippen LogP contribution in [0.3, 0.4) is 0 Å². The molecule has 1 aliphatic heterocycles. The summed E-state index contributed by atoms with van der Waals surface area (Å²) in [5, 5.41) is 0. The molecule has 1 spiro atoms. The SMILES string of the molecule is C=C1[C@H]2C[C@H]2[C@]2(C)[C@@H]3CC=C(C)[C@H](CC=C(C)C)[C@@]34OC(=O)C(C=O)=C4C[C@@H]12. The summed E-state index contributed by atoms with van der Waals surface area (Å²) in [7, 11) is 0. The molecule has 148 valence electrons. The smallest absolute Gasteiger partial charge is 0.342 e. The fourth-order valence-corrected chi connectivity index (χ4v) is 7.45. The number of ether oxygens (including phenoxy) is 1. The van der Waals surface area contributed by atoms with Gasteiger partial charge in [-0.2, -0.15) is 0 Å². The number of aldehydes is 1. The summed E-state index contributed by atoms with van der Waals surface area (Å²) in [6.45, 7) is 13.3. The molecule has 0 aromatic carbocycles. The van der Waals surface area contributed by atoms with Crippen molar-refractivity contribution in [2.24, 2.45) is 35.0 Å². The van der Waals surface area contributed by atoms with Crippen LogP contribution in [0.15, 0.2) is 46.6 Å². The van der Waals surface area contributed by atoms with Crippen molar-refractivity contribution in [3.63, 3.8) is 0 Å². The van der Waals surface area contributed by atoms with E-state index in [1.807, 2.05) is 0 Å². The van der Waals surface area contributed by atoms with Crippen molar-refractivity contribution in [1.82, 2.24) is 0 Å². The maximum Gasteiger partial charge on any atom is 0.342 e. The Kier molecular flexibility index (Phi) is 3.62. The average Bonchev–Trinajstić information content (AvgIpc) is 3.34. The first kappa shape index (κ1) is 18.1. The molecule has 0 amide bonds. The number of carbonyl (C=O) groups is 2. The predicted molar refractivity (Wildman–Crippen MR) is 108 cm³/mol. The Morgan fingerprint density at radius 2 is 2.14 bits per heavy atom. The first-order valence-corrected chi connectivity index (χ1v) is 10.7. The van der Waals surface area contributed by atoms with Crippen molar-refractivity contribution < 1.29 is 14.3 Å². The summed E-state index contributed by atoms with van der Waals surface area (Å²) >= 11 is 0. The fraction of sp³-hybridized carbons (Fsp3) is 0.600. The topological polar surface area (TPSA) is 43.4 Å². The summed E-state index contributed by atoms with van der Waals surface area (Å²) < 4.78 is 6.31. The standard InChI is InChI=1S/C25H30O3/c1-13(2)6-8-18-14(3)7-9-22-24(5)19(15(4)16-10-20(16)24)11-21-17(12-26)23(27)28-25(18,21)22/h6-7,12,16,18-20,22H,4,8-11H2,1-3,5H3/t16-,18+,19+,20-,22+,24-,25+/m1/s1. The van der Waals surface area contributed by atoms with Crippen LogP contribution in [0.25, 0.3) is 0 Å². The van der Waals surface area contributed by atoms with E-state index in [1.54, 1.807) is 0 Å². The van der Waals surface area contributed by atoms with E-state index in [2.05, 4.69) is 46.4 Å².